The van der Waals surface area contributed by atoms with E-state index < -0.39 is 0 Å². The van der Waals surface area contributed by atoms with Gasteiger partial charge in [0.05, 0.1) is 18.0 Å². The van der Waals surface area contributed by atoms with Gasteiger partial charge in [0.2, 0.25) is 5.91 Å². The molecule has 1 atom stereocenters. The summed E-state index contributed by atoms with van der Waals surface area (Å²) in [7, 11) is 1.97. The number of nitrogens with one attached hydrogen (secondary N) is 1. The quantitative estimate of drug-likeness (QED) is 0.908. The van der Waals surface area contributed by atoms with E-state index in [0.717, 1.165) is 19.3 Å². The van der Waals surface area contributed by atoms with Crippen molar-refractivity contribution < 1.29 is 4.79 Å². The number of rotatable bonds is 4. The van der Waals surface area contributed by atoms with Gasteiger partial charge in [0.25, 0.3) is 0 Å². The third kappa shape index (κ3) is 3.07. The molecule has 0 bridgehead atoms. The monoisotopic (exact) mass is 267 g/mol. The minimum atomic E-state index is 0.135. The third-order valence-corrected chi connectivity index (χ3v) is 4.35. The Morgan fingerprint density at radius 1 is 1.67 bits per heavy atom. The van der Waals surface area contributed by atoms with Crippen LogP contribution in [0, 0.1) is 0 Å². The van der Waals surface area contributed by atoms with Crippen molar-refractivity contribution in [2.75, 3.05) is 5.75 Å². The van der Waals surface area contributed by atoms with Gasteiger partial charge in [-0.15, -0.1) is 11.8 Å². The van der Waals surface area contributed by atoms with Crippen molar-refractivity contribution in [3.63, 3.8) is 0 Å². The number of aromatic nitrogens is 2. The standard InChI is InChI=1S/C13H21N3OS/c1-9(2)18-8-13(17)15-11-5-4-6-12-10(11)7-14-16(12)3/h7,9,11H,4-6,8H2,1-3H3,(H,15,17). The number of amides is 1. The molecule has 0 aromatic carbocycles. The van der Waals surface area contributed by atoms with Gasteiger partial charge < -0.3 is 5.32 Å². The Hall–Kier alpha value is -0.970. The van der Waals surface area contributed by atoms with Crippen LogP contribution in [0.1, 0.15) is 44.0 Å². The van der Waals surface area contributed by atoms with Crippen LogP contribution in [0.5, 0.6) is 0 Å². The lowest BCUT2D eigenvalue weighted by molar-refractivity contribution is -0.119. The number of aryl methyl sites for hydroxylation is 1. The summed E-state index contributed by atoms with van der Waals surface area (Å²) < 4.78 is 1.93. The lowest BCUT2D eigenvalue weighted by atomic mass is 9.93. The van der Waals surface area contributed by atoms with E-state index in [-0.39, 0.29) is 11.9 Å². The average molecular weight is 267 g/mol. The Kier molecular flexibility index (Phi) is 4.32. The maximum atomic E-state index is 11.9. The summed E-state index contributed by atoms with van der Waals surface area (Å²) in [5.41, 5.74) is 2.47. The first-order valence-electron chi connectivity index (χ1n) is 6.49. The van der Waals surface area contributed by atoms with E-state index in [1.807, 2.05) is 17.9 Å². The fourth-order valence-electron chi connectivity index (χ4n) is 2.33. The minimum absolute atomic E-state index is 0.135. The van der Waals surface area contributed by atoms with Crippen LogP contribution in [0.4, 0.5) is 0 Å². The largest absolute Gasteiger partial charge is 0.348 e. The molecule has 1 amide bonds. The molecule has 1 heterocycles. The summed E-state index contributed by atoms with van der Waals surface area (Å²) in [5, 5.41) is 7.92. The first-order valence-corrected chi connectivity index (χ1v) is 7.54. The molecular weight excluding hydrogens is 246 g/mol. The second kappa shape index (κ2) is 5.78. The van der Waals surface area contributed by atoms with Crippen molar-refractivity contribution >= 4 is 17.7 Å². The zero-order chi connectivity index (χ0) is 13.1. The van der Waals surface area contributed by atoms with Gasteiger partial charge in [0.1, 0.15) is 0 Å². The second-order valence-corrected chi connectivity index (χ2v) is 6.61. The summed E-state index contributed by atoms with van der Waals surface area (Å²) in [4.78, 5) is 11.9. The zero-order valence-corrected chi connectivity index (χ0v) is 12.1. The van der Waals surface area contributed by atoms with Crippen LogP contribution in [0.15, 0.2) is 6.20 Å². The third-order valence-electron chi connectivity index (χ3n) is 3.26. The van der Waals surface area contributed by atoms with Gasteiger partial charge in [-0.3, -0.25) is 9.48 Å². The molecule has 2 rings (SSSR count). The molecule has 4 nitrogen and oxygen atoms in total. The van der Waals surface area contributed by atoms with Gasteiger partial charge in [-0.05, 0) is 24.5 Å². The normalized spacial score (nSPS) is 18.8. The van der Waals surface area contributed by atoms with E-state index in [4.69, 9.17) is 0 Å². The minimum Gasteiger partial charge on any atom is -0.348 e. The van der Waals surface area contributed by atoms with Crippen molar-refractivity contribution in [1.82, 2.24) is 15.1 Å². The van der Waals surface area contributed by atoms with E-state index in [0.29, 0.717) is 11.0 Å². The summed E-state index contributed by atoms with van der Waals surface area (Å²) in [6.07, 6.45) is 5.11. The first kappa shape index (κ1) is 13.5. The molecule has 0 radical (unpaired) electrons. The molecule has 0 fully saturated rings. The Balaban J connectivity index is 1.96. The van der Waals surface area contributed by atoms with Crippen LogP contribution in [0.2, 0.25) is 0 Å². The van der Waals surface area contributed by atoms with Gasteiger partial charge in [-0.1, -0.05) is 13.8 Å². The van der Waals surface area contributed by atoms with Crippen LogP contribution in [-0.4, -0.2) is 26.7 Å². The van der Waals surface area contributed by atoms with Crippen LogP contribution in [-0.2, 0) is 18.3 Å². The molecule has 0 aliphatic heterocycles. The SMILES string of the molecule is CC(C)SCC(=O)NC1CCCc2c1cnn2C. The Morgan fingerprint density at radius 2 is 2.44 bits per heavy atom. The number of fused-ring (bicyclic) bond motifs is 1. The topological polar surface area (TPSA) is 46.9 Å². The Bertz CT molecular complexity index is 428. The molecule has 0 saturated carbocycles. The molecule has 1 aromatic heterocycles. The maximum Gasteiger partial charge on any atom is 0.230 e. The van der Waals surface area contributed by atoms with E-state index in [1.165, 1.54) is 11.3 Å². The van der Waals surface area contributed by atoms with E-state index >= 15 is 0 Å². The van der Waals surface area contributed by atoms with Crippen LogP contribution in [0.3, 0.4) is 0 Å². The fraction of sp³-hybridized carbons (Fsp3) is 0.692. The smallest absolute Gasteiger partial charge is 0.230 e. The molecule has 1 aromatic rings. The maximum absolute atomic E-state index is 11.9. The lowest BCUT2D eigenvalue weighted by Crippen LogP contribution is -2.32. The van der Waals surface area contributed by atoms with E-state index in [9.17, 15) is 4.79 Å². The van der Waals surface area contributed by atoms with E-state index in [2.05, 4.69) is 24.3 Å². The molecule has 0 saturated heterocycles. The highest BCUT2D eigenvalue weighted by molar-refractivity contribution is 8.00. The zero-order valence-electron chi connectivity index (χ0n) is 11.3. The van der Waals surface area contributed by atoms with Crippen molar-refractivity contribution in [2.45, 2.75) is 44.4 Å². The Labute approximate surface area is 113 Å². The molecule has 5 heteroatoms. The average Bonchev–Trinajstić information content (AvgIpc) is 2.70. The van der Waals surface area contributed by atoms with Crippen molar-refractivity contribution in [3.8, 4) is 0 Å². The predicted octanol–water partition coefficient (Wildman–Crippen LogP) is 2.06. The summed E-state index contributed by atoms with van der Waals surface area (Å²) >= 11 is 1.68. The van der Waals surface area contributed by atoms with E-state index in [1.54, 1.807) is 11.8 Å². The van der Waals surface area contributed by atoms with Gasteiger partial charge in [-0.2, -0.15) is 5.10 Å². The predicted molar refractivity (Wildman–Crippen MR) is 74.6 cm³/mol. The van der Waals surface area contributed by atoms with Gasteiger partial charge in [-0.25, -0.2) is 0 Å². The highest BCUT2D eigenvalue weighted by Crippen LogP contribution is 2.29. The fourth-order valence-corrected chi connectivity index (χ4v) is 2.90. The van der Waals surface area contributed by atoms with Crippen LogP contribution in [0.25, 0.3) is 0 Å². The molecule has 1 aliphatic carbocycles. The molecular formula is C13H21N3OS. The second-order valence-electron chi connectivity index (χ2n) is 5.04. The van der Waals surface area contributed by atoms with Crippen molar-refractivity contribution in [3.05, 3.63) is 17.5 Å². The lowest BCUT2D eigenvalue weighted by Gasteiger charge is -2.23. The number of hydrogen-bond donors (Lipinski definition) is 1. The molecule has 1 unspecified atom stereocenters. The number of carbonyl (C=O) groups is 1. The number of nitrogens with zero attached hydrogens (tertiary/aromatic N) is 2. The number of hydrogen-bond acceptors (Lipinski definition) is 3. The van der Waals surface area contributed by atoms with Gasteiger partial charge in [0, 0.05) is 18.3 Å². The summed E-state index contributed by atoms with van der Waals surface area (Å²) in [6, 6.07) is 0.155. The van der Waals surface area contributed by atoms with Crippen LogP contribution >= 0.6 is 11.8 Å². The summed E-state index contributed by atoms with van der Waals surface area (Å²) in [5.74, 6) is 0.680. The molecule has 0 spiro atoms. The number of thioether (sulfide) groups is 1. The van der Waals surface area contributed by atoms with Crippen LogP contribution < -0.4 is 5.32 Å². The molecule has 100 valence electrons. The highest BCUT2D eigenvalue weighted by atomic mass is 32.2. The first-order chi connectivity index (χ1) is 8.58. The highest BCUT2D eigenvalue weighted by Gasteiger charge is 2.24. The van der Waals surface area contributed by atoms with Gasteiger partial charge >= 0.3 is 0 Å². The molecule has 18 heavy (non-hydrogen) atoms. The number of carbonyl (C=O) groups excluding carboxylic acids is 1. The molecule has 1 N–H and O–H groups in total. The summed E-state index contributed by atoms with van der Waals surface area (Å²) in [6.45, 7) is 4.22. The van der Waals surface area contributed by atoms with Crippen molar-refractivity contribution in [2.24, 2.45) is 7.05 Å². The van der Waals surface area contributed by atoms with Crippen molar-refractivity contribution in [1.29, 1.82) is 0 Å². The van der Waals surface area contributed by atoms with Gasteiger partial charge in [0.15, 0.2) is 0 Å². The molecule has 1 aliphatic rings. The Morgan fingerprint density at radius 3 is 3.17 bits per heavy atom.